The molecule has 1 aromatic heterocycles. The Morgan fingerprint density at radius 2 is 2.10 bits per heavy atom. The fourth-order valence-electron chi connectivity index (χ4n) is 1.97. The molecular formula is C15H19Cl2N3. The van der Waals surface area contributed by atoms with Crippen LogP contribution in [0.3, 0.4) is 0 Å². The fraction of sp³-hybridized carbons (Fsp3) is 0.400. The zero-order valence-electron chi connectivity index (χ0n) is 11.7. The summed E-state index contributed by atoms with van der Waals surface area (Å²) in [5.74, 6) is 0. The van der Waals surface area contributed by atoms with Crippen LogP contribution in [0.4, 0.5) is 0 Å². The molecule has 0 aliphatic rings. The first-order valence-corrected chi connectivity index (χ1v) is 7.48. The molecule has 5 heteroatoms. The zero-order chi connectivity index (χ0) is 14.5. The Morgan fingerprint density at radius 1 is 1.30 bits per heavy atom. The standard InChI is InChI=1S/C15H19Cl2N3/c1-11(2)19-9-14-8-18-10-20(14)6-5-12-3-4-13(16)7-15(12)17/h3-4,7-8,10-11,19H,5-6,9H2,1-2H3. The highest BCUT2D eigenvalue weighted by molar-refractivity contribution is 6.35. The number of benzene rings is 1. The SMILES string of the molecule is CC(C)NCc1cncn1CCc1ccc(Cl)cc1Cl. The normalized spacial score (nSPS) is 11.2. The Kier molecular flexibility index (Phi) is 5.46. The molecule has 0 spiro atoms. The molecule has 3 nitrogen and oxygen atoms in total. The van der Waals surface area contributed by atoms with Crippen molar-refractivity contribution in [2.45, 2.75) is 39.4 Å². The van der Waals surface area contributed by atoms with Crippen molar-refractivity contribution in [2.75, 3.05) is 0 Å². The van der Waals surface area contributed by atoms with E-state index in [0.717, 1.165) is 30.1 Å². The van der Waals surface area contributed by atoms with Crippen LogP contribution in [0.5, 0.6) is 0 Å². The van der Waals surface area contributed by atoms with Crippen molar-refractivity contribution in [2.24, 2.45) is 0 Å². The predicted octanol–water partition coefficient (Wildman–Crippen LogP) is 3.93. The highest BCUT2D eigenvalue weighted by Gasteiger charge is 2.05. The van der Waals surface area contributed by atoms with E-state index in [-0.39, 0.29) is 0 Å². The molecule has 0 fully saturated rings. The van der Waals surface area contributed by atoms with Gasteiger partial charge in [-0.25, -0.2) is 4.98 Å². The lowest BCUT2D eigenvalue weighted by Gasteiger charge is -2.11. The first kappa shape index (κ1) is 15.4. The maximum Gasteiger partial charge on any atom is 0.0948 e. The first-order valence-electron chi connectivity index (χ1n) is 6.72. The third-order valence-electron chi connectivity index (χ3n) is 3.13. The van der Waals surface area contributed by atoms with E-state index in [0.29, 0.717) is 11.1 Å². The molecule has 0 aliphatic carbocycles. The highest BCUT2D eigenvalue weighted by atomic mass is 35.5. The quantitative estimate of drug-likeness (QED) is 0.876. The minimum atomic E-state index is 0.462. The largest absolute Gasteiger partial charge is 0.333 e. The van der Waals surface area contributed by atoms with Crippen molar-refractivity contribution in [3.8, 4) is 0 Å². The second-order valence-electron chi connectivity index (χ2n) is 5.10. The summed E-state index contributed by atoms with van der Waals surface area (Å²) in [6.07, 6.45) is 4.63. The Bertz CT molecular complexity index is 564. The van der Waals surface area contributed by atoms with Crippen LogP contribution in [0.15, 0.2) is 30.7 Å². The number of aryl methyl sites for hydroxylation is 2. The van der Waals surface area contributed by atoms with E-state index in [4.69, 9.17) is 23.2 Å². The zero-order valence-corrected chi connectivity index (χ0v) is 13.2. The van der Waals surface area contributed by atoms with Gasteiger partial charge in [-0.1, -0.05) is 43.1 Å². The van der Waals surface area contributed by atoms with Gasteiger partial charge < -0.3 is 9.88 Å². The van der Waals surface area contributed by atoms with Gasteiger partial charge >= 0.3 is 0 Å². The lowest BCUT2D eigenvalue weighted by Crippen LogP contribution is -2.23. The van der Waals surface area contributed by atoms with Gasteiger partial charge in [0.15, 0.2) is 0 Å². The summed E-state index contributed by atoms with van der Waals surface area (Å²) in [6, 6.07) is 6.10. The van der Waals surface area contributed by atoms with Crippen molar-refractivity contribution in [1.29, 1.82) is 0 Å². The molecule has 0 saturated heterocycles. The van der Waals surface area contributed by atoms with Crippen molar-refractivity contribution < 1.29 is 0 Å². The maximum absolute atomic E-state index is 6.19. The lowest BCUT2D eigenvalue weighted by atomic mass is 10.1. The number of hydrogen-bond acceptors (Lipinski definition) is 2. The van der Waals surface area contributed by atoms with E-state index < -0.39 is 0 Å². The molecule has 1 aromatic carbocycles. The molecule has 0 aliphatic heterocycles. The van der Waals surface area contributed by atoms with Crippen LogP contribution < -0.4 is 5.32 Å². The average molecular weight is 312 g/mol. The maximum atomic E-state index is 6.19. The van der Waals surface area contributed by atoms with Crippen LogP contribution in [0.2, 0.25) is 10.0 Å². The average Bonchev–Trinajstić information content (AvgIpc) is 2.83. The minimum absolute atomic E-state index is 0.462. The Labute approximate surface area is 129 Å². The van der Waals surface area contributed by atoms with E-state index >= 15 is 0 Å². The summed E-state index contributed by atoms with van der Waals surface area (Å²) in [7, 11) is 0. The van der Waals surface area contributed by atoms with Gasteiger partial charge in [0.2, 0.25) is 0 Å². The van der Waals surface area contributed by atoms with Gasteiger partial charge in [-0.15, -0.1) is 0 Å². The third-order valence-corrected chi connectivity index (χ3v) is 3.71. The van der Waals surface area contributed by atoms with E-state index in [2.05, 4.69) is 28.7 Å². The van der Waals surface area contributed by atoms with E-state index in [1.54, 1.807) is 6.07 Å². The van der Waals surface area contributed by atoms with Crippen molar-refractivity contribution >= 4 is 23.2 Å². The Hall–Kier alpha value is -1.03. The summed E-state index contributed by atoms with van der Waals surface area (Å²) in [5.41, 5.74) is 2.29. The van der Waals surface area contributed by atoms with E-state index in [1.165, 1.54) is 5.69 Å². The van der Waals surface area contributed by atoms with Crippen LogP contribution in [0.25, 0.3) is 0 Å². The monoisotopic (exact) mass is 311 g/mol. The number of imidazole rings is 1. The van der Waals surface area contributed by atoms with Crippen LogP contribution in [-0.2, 0) is 19.5 Å². The van der Waals surface area contributed by atoms with E-state index in [1.807, 2.05) is 24.7 Å². The van der Waals surface area contributed by atoms with Crippen LogP contribution in [-0.4, -0.2) is 15.6 Å². The molecule has 0 bridgehead atoms. The van der Waals surface area contributed by atoms with Gasteiger partial charge in [-0.05, 0) is 24.1 Å². The second-order valence-corrected chi connectivity index (χ2v) is 5.94. The second kappa shape index (κ2) is 7.11. The number of aromatic nitrogens is 2. The molecular weight excluding hydrogens is 293 g/mol. The van der Waals surface area contributed by atoms with Gasteiger partial charge in [-0.3, -0.25) is 0 Å². The van der Waals surface area contributed by atoms with Gasteiger partial charge in [0.05, 0.1) is 12.0 Å². The van der Waals surface area contributed by atoms with Crippen LogP contribution in [0, 0.1) is 0 Å². The molecule has 1 heterocycles. The fourth-order valence-corrected chi connectivity index (χ4v) is 2.47. The van der Waals surface area contributed by atoms with Crippen molar-refractivity contribution in [3.63, 3.8) is 0 Å². The summed E-state index contributed by atoms with van der Waals surface area (Å²) >= 11 is 12.1. The number of halogens is 2. The summed E-state index contributed by atoms with van der Waals surface area (Å²) < 4.78 is 2.15. The molecule has 0 unspecified atom stereocenters. The van der Waals surface area contributed by atoms with Crippen LogP contribution >= 0.6 is 23.2 Å². The Balaban J connectivity index is 1.98. The molecule has 108 valence electrons. The highest BCUT2D eigenvalue weighted by Crippen LogP contribution is 2.21. The van der Waals surface area contributed by atoms with Crippen LogP contribution in [0.1, 0.15) is 25.1 Å². The first-order chi connectivity index (χ1) is 9.56. The van der Waals surface area contributed by atoms with Gasteiger partial charge in [-0.2, -0.15) is 0 Å². The minimum Gasteiger partial charge on any atom is -0.333 e. The smallest absolute Gasteiger partial charge is 0.0948 e. The third kappa shape index (κ3) is 4.23. The van der Waals surface area contributed by atoms with Crippen molar-refractivity contribution in [3.05, 3.63) is 52.0 Å². The summed E-state index contributed by atoms with van der Waals surface area (Å²) in [4.78, 5) is 4.22. The van der Waals surface area contributed by atoms with Gasteiger partial charge in [0.1, 0.15) is 0 Å². The predicted molar refractivity (Wildman–Crippen MR) is 84.4 cm³/mol. The molecule has 20 heavy (non-hydrogen) atoms. The molecule has 0 amide bonds. The van der Waals surface area contributed by atoms with Gasteiger partial charge in [0, 0.05) is 35.4 Å². The number of rotatable bonds is 6. The number of nitrogens with zero attached hydrogens (tertiary/aromatic N) is 2. The van der Waals surface area contributed by atoms with Crippen molar-refractivity contribution in [1.82, 2.24) is 14.9 Å². The summed E-state index contributed by atoms with van der Waals surface area (Å²) in [6.45, 7) is 5.95. The number of hydrogen-bond donors (Lipinski definition) is 1. The molecule has 0 atom stereocenters. The molecule has 0 saturated carbocycles. The van der Waals surface area contributed by atoms with Gasteiger partial charge in [0.25, 0.3) is 0 Å². The molecule has 1 N–H and O–H groups in total. The Morgan fingerprint density at radius 3 is 2.80 bits per heavy atom. The molecule has 2 aromatic rings. The molecule has 0 radical (unpaired) electrons. The number of nitrogens with one attached hydrogen (secondary N) is 1. The topological polar surface area (TPSA) is 29.9 Å². The molecule has 2 rings (SSSR count). The lowest BCUT2D eigenvalue weighted by molar-refractivity contribution is 0.554. The summed E-state index contributed by atoms with van der Waals surface area (Å²) in [5, 5.41) is 4.79. The van der Waals surface area contributed by atoms with E-state index in [9.17, 15) is 0 Å².